The molecule has 230 valence electrons. The Morgan fingerprint density at radius 2 is 1.04 bits per heavy atom. The highest BCUT2D eigenvalue weighted by Gasteiger charge is 2.50. The van der Waals surface area contributed by atoms with Crippen LogP contribution in [0, 0.1) is 0 Å². The van der Waals surface area contributed by atoms with E-state index in [2.05, 4.69) is 168 Å². The predicted octanol–water partition coefficient (Wildman–Crippen LogP) is 11.4. The molecule has 12 rings (SSSR count). The van der Waals surface area contributed by atoms with E-state index in [1.165, 1.54) is 65.7 Å². The topological polar surface area (TPSA) is 30.7 Å². The number of fused-ring (bicyclic) bond motifs is 9. The van der Waals surface area contributed by atoms with Gasteiger partial charge in [-0.3, -0.25) is 4.57 Å². The molecule has 0 atom stereocenters. The summed E-state index contributed by atoms with van der Waals surface area (Å²) in [5.41, 5.74) is 12.7. The van der Waals surface area contributed by atoms with Crippen molar-refractivity contribution in [2.45, 2.75) is 5.41 Å². The highest BCUT2D eigenvalue weighted by molar-refractivity contribution is 6.26. The van der Waals surface area contributed by atoms with Crippen LogP contribution in [-0.4, -0.2) is 14.5 Å². The summed E-state index contributed by atoms with van der Waals surface area (Å²) in [4.78, 5) is 10.8. The van der Waals surface area contributed by atoms with Crippen LogP contribution in [0.4, 0.5) is 0 Å². The van der Waals surface area contributed by atoms with Crippen molar-refractivity contribution in [2.75, 3.05) is 0 Å². The molecule has 2 aliphatic rings. The summed E-state index contributed by atoms with van der Waals surface area (Å²) in [6.07, 6.45) is 0. The third-order valence-electron chi connectivity index (χ3n) is 11.4. The van der Waals surface area contributed by atoms with Gasteiger partial charge in [-0.2, -0.15) is 0 Å². The summed E-state index contributed by atoms with van der Waals surface area (Å²) in [7, 11) is 0. The van der Waals surface area contributed by atoms with E-state index in [-0.39, 0.29) is 0 Å². The number of nitrogens with zero attached hydrogens (tertiary/aromatic N) is 3. The second-order valence-electron chi connectivity index (χ2n) is 13.7. The molecule has 1 spiro atoms. The second-order valence-corrected chi connectivity index (χ2v) is 13.7. The third-order valence-corrected chi connectivity index (χ3v) is 11.4. The van der Waals surface area contributed by atoms with Gasteiger partial charge in [0.2, 0.25) is 5.95 Å². The molecular formula is C47H27N3. The molecular weight excluding hydrogens is 607 g/mol. The Kier molecular flexibility index (Phi) is 4.91. The van der Waals surface area contributed by atoms with Gasteiger partial charge in [0.15, 0.2) is 0 Å². The lowest BCUT2D eigenvalue weighted by atomic mass is 9.63. The van der Waals surface area contributed by atoms with E-state index in [9.17, 15) is 0 Å². The van der Waals surface area contributed by atoms with Gasteiger partial charge in [-0.1, -0.05) is 140 Å². The first kappa shape index (κ1) is 26.4. The molecule has 2 heterocycles. The molecule has 50 heavy (non-hydrogen) atoms. The minimum atomic E-state index is -0.444. The van der Waals surface area contributed by atoms with Gasteiger partial charge < -0.3 is 0 Å². The molecule has 0 fully saturated rings. The van der Waals surface area contributed by atoms with Crippen LogP contribution in [0.15, 0.2) is 164 Å². The van der Waals surface area contributed by atoms with Gasteiger partial charge in [-0.15, -0.1) is 0 Å². The number of hydrogen-bond donors (Lipinski definition) is 0. The fourth-order valence-corrected chi connectivity index (χ4v) is 9.45. The van der Waals surface area contributed by atoms with Crippen LogP contribution in [0.2, 0.25) is 0 Å². The molecule has 2 aromatic heterocycles. The molecule has 3 nitrogen and oxygen atoms in total. The van der Waals surface area contributed by atoms with Crippen LogP contribution in [0.3, 0.4) is 0 Å². The fraction of sp³-hybridized carbons (Fsp3) is 0.0213. The van der Waals surface area contributed by atoms with Gasteiger partial charge in [-0.25, -0.2) is 9.97 Å². The molecule has 0 unspecified atom stereocenters. The molecule has 8 aromatic carbocycles. The molecule has 0 saturated carbocycles. The van der Waals surface area contributed by atoms with Crippen molar-refractivity contribution in [1.82, 2.24) is 14.5 Å². The van der Waals surface area contributed by atoms with Crippen LogP contribution in [0.25, 0.3) is 82.6 Å². The number of hydrogen-bond acceptors (Lipinski definition) is 2. The molecule has 3 heteroatoms. The van der Waals surface area contributed by atoms with Crippen LogP contribution in [0.5, 0.6) is 0 Å². The van der Waals surface area contributed by atoms with Gasteiger partial charge in [0.05, 0.1) is 27.7 Å². The van der Waals surface area contributed by atoms with Crippen LogP contribution >= 0.6 is 0 Å². The fourth-order valence-electron chi connectivity index (χ4n) is 9.45. The average Bonchev–Trinajstić information content (AvgIpc) is 3.68. The zero-order chi connectivity index (χ0) is 32.6. The van der Waals surface area contributed by atoms with Crippen LogP contribution < -0.4 is 0 Å². The minimum absolute atomic E-state index is 0.444. The van der Waals surface area contributed by atoms with Crippen LogP contribution in [-0.2, 0) is 5.41 Å². The maximum Gasteiger partial charge on any atom is 0.235 e. The number of para-hydroxylation sites is 1. The summed E-state index contributed by atoms with van der Waals surface area (Å²) < 4.78 is 2.31. The monoisotopic (exact) mass is 633 g/mol. The Hall–Kier alpha value is -6.58. The Labute approximate surface area is 287 Å². The molecule has 0 saturated heterocycles. The lowest BCUT2D eigenvalue weighted by Gasteiger charge is -2.37. The Morgan fingerprint density at radius 3 is 1.88 bits per heavy atom. The van der Waals surface area contributed by atoms with Crippen molar-refractivity contribution < 1.29 is 0 Å². The number of aromatic nitrogens is 3. The maximum atomic E-state index is 5.46. The number of rotatable bonds is 2. The van der Waals surface area contributed by atoms with E-state index in [1.54, 1.807) is 0 Å². The van der Waals surface area contributed by atoms with Crippen molar-refractivity contribution >= 4 is 54.3 Å². The Morgan fingerprint density at radius 1 is 0.420 bits per heavy atom. The standard InChI is InChI=1S/C47H27N3/c1-2-12-30-27-31(24-23-28(30)11-1)45-34-16-5-8-21-39(34)48-46(49-45)50-40-22-10-20-38-43(40)44-41(50)26-25-29-13-9-19-37(42(29)44)47(38)35-17-6-3-14-32(35)33-15-4-7-18-36(33)47/h1-27H. The Bertz CT molecular complexity index is 3070. The van der Waals surface area contributed by atoms with Crippen molar-refractivity contribution in [3.8, 4) is 28.3 Å². The molecule has 0 N–H and O–H groups in total. The van der Waals surface area contributed by atoms with Gasteiger partial charge in [0.25, 0.3) is 0 Å². The van der Waals surface area contributed by atoms with E-state index < -0.39 is 5.41 Å². The highest BCUT2D eigenvalue weighted by atomic mass is 15.2. The summed E-state index contributed by atoms with van der Waals surface area (Å²) in [6.45, 7) is 0. The largest absolute Gasteiger partial charge is 0.278 e. The molecule has 10 aromatic rings. The summed E-state index contributed by atoms with van der Waals surface area (Å²) in [5.74, 6) is 0.684. The highest BCUT2D eigenvalue weighted by Crippen LogP contribution is 2.62. The third kappa shape index (κ3) is 3.11. The molecule has 0 amide bonds. The van der Waals surface area contributed by atoms with Crippen molar-refractivity contribution in [1.29, 1.82) is 0 Å². The van der Waals surface area contributed by atoms with Crippen molar-refractivity contribution in [2.24, 2.45) is 0 Å². The predicted molar refractivity (Wildman–Crippen MR) is 205 cm³/mol. The van der Waals surface area contributed by atoms with Crippen molar-refractivity contribution in [3.63, 3.8) is 0 Å². The quantitative estimate of drug-likeness (QED) is 0.190. The summed E-state index contributed by atoms with van der Waals surface area (Å²) in [5, 5.41) is 8.58. The van der Waals surface area contributed by atoms with E-state index >= 15 is 0 Å². The minimum Gasteiger partial charge on any atom is -0.278 e. The first-order valence-electron chi connectivity index (χ1n) is 17.3. The van der Waals surface area contributed by atoms with E-state index in [0.29, 0.717) is 5.95 Å². The summed E-state index contributed by atoms with van der Waals surface area (Å²) >= 11 is 0. The normalized spacial score (nSPS) is 13.8. The molecule has 0 aliphatic heterocycles. The second kappa shape index (κ2) is 9.31. The molecule has 0 radical (unpaired) electrons. The van der Waals surface area contributed by atoms with Gasteiger partial charge in [-0.05, 0) is 79.2 Å². The first-order valence-corrected chi connectivity index (χ1v) is 17.3. The van der Waals surface area contributed by atoms with Gasteiger partial charge >= 0.3 is 0 Å². The zero-order valence-corrected chi connectivity index (χ0v) is 26.9. The van der Waals surface area contributed by atoms with E-state index in [4.69, 9.17) is 9.97 Å². The molecule has 2 aliphatic carbocycles. The molecule has 0 bridgehead atoms. The lowest BCUT2D eigenvalue weighted by molar-refractivity contribution is 0.783. The Balaban J connectivity index is 1.23. The smallest absolute Gasteiger partial charge is 0.235 e. The van der Waals surface area contributed by atoms with E-state index in [1.807, 2.05) is 0 Å². The zero-order valence-electron chi connectivity index (χ0n) is 26.9. The number of benzene rings is 8. The maximum absolute atomic E-state index is 5.46. The first-order chi connectivity index (χ1) is 24.8. The van der Waals surface area contributed by atoms with E-state index in [0.717, 1.165) is 33.2 Å². The SMILES string of the molecule is c1ccc2c(c1)-c1ccccc1C21c2cccc3ccc4c(c23)c2c1cccc2n4-c1nc(-c2ccc3ccccc3c2)c2ccccc2n1. The lowest BCUT2D eigenvalue weighted by Crippen LogP contribution is -2.30. The van der Waals surface area contributed by atoms with Crippen molar-refractivity contribution in [3.05, 3.63) is 186 Å². The summed E-state index contributed by atoms with van der Waals surface area (Å²) in [6, 6.07) is 59.8. The van der Waals surface area contributed by atoms with Gasteiger partial charge in [0, 0.05) is 21.7 Å². The van der Waals surface area contributed by atoms with Crippen LogP contribution in [0.1, 0.15) is 22.3 Å². The average molecular weight is 634 g/mol. The van der Waals surface area contributed by atoms with Gasteiger partial charge in [0.1, 0.15) is 0 Å².